The van der Waals surface area contributed by atoms with Gasteiger partial charge < -0.3 is 39.9 Å². The maximum absolute atomic E-state index is 12.8. The Hall–Kier alpha value is -1.93. The molecule has 0 aliphatic heterocycles. The molecule has 14 heteroatoms. The average molecular weight is 861 g/mol. The molecule has 0 heterocycles. The number of rotatable bonds is 37. The number of phosphoric ester groups is 1. The van der Waals surface area contributed by atoms with Gasteiger partial charge in [0.15, 0.2) is 6.10 Å². The fraction of sp³-hybridized carbons (Fsp3) is 0.822. The molecule has 0 aromatic carbocycles. The van der Waals surface area contributed by atoms with Crippen LogP contribution in [0.25, 0.3) is 0 Å². The summed E-state index contributed by atoms with van der Waals surface area (Å²) in [4.78, 5) is 35.6. The van der Waals surface area contributed by atoms with Crippen molar-refractivity contribution < 1.29 is 63.1 Å². The Bertz CT molecular complexity index is 1180. The molecule has 1 fully saturated rings. The molecule has 0 radical (unpaired) electrons. The van der Waals surface area contributed by atoms with Gasteiger partial charge in [-0.1, -0.05) is 153 Å². The molecule has 0 saturated heterocycles. The summed E-state index contributed by atoms with van der Waals surface area (Å²) in [7, 11) is -5.12. The molecule has 0 spiro atoms. The summed E-state index contributed by atoms with van der Waals surface area (Å²) in [6.45, 7) is 3.25. The van der Waals surface area contributed by atoms with Crippen molar-refractivity contribution in [2.24, 2.45) is 0 Å². The molecular formula is C45H81O13P. The molecular weight excluding hydrogens is 779 g/mol. The Morgan fingerprint density at radius 3 is 1.42 bits per heavy atom. The van der Waals surface area contributed by atoms with Crippen molar-refractivity contribution in [1.82, 2.24) is 0 Å². The van der Waals surface area contributed by atoms with Crippen LogP contribution >= 0.6 is 7.82 Å². The summed E-state index contributed by atoms with van der Waals surface area (Å²) in [6.07, 6.45) is 26.2. The van der Waals surface area contributed by atoms with Gasteiger partial charge >= 0.3 is 19.8 Å². The van der Waals surface area contributed by atoms with Crippen LogP contribution in [0.1, 0.15) is 181 Å². The smallest absolute Gasteiger partial charge is 0.462 e. The number of phosphoric acid groups is 1. The zero-order valence-electron chi connectivity index (χ0n) is 36.3. The van der Waals surface area contributed by atoms with Crippen molar-refractivity contribution in [3.8, 4) is 0 Å². The van der Waals surface area contributed by atoms with Crippen molar-refractivity contribution in [3.05, 3.63) is 36.5 Å². The van der Waals surface area contributed by atoms with Crippen LogP contribution in [0.3, 0.4) is 0 Å². The third-order valence-electron chi connectivity index (χ3n) is 10.5. The van der Waals surface area contributed by atoms with Crippen molar-refractivity contribution >= 4 is 19.8 Å². The van der Waals surface area contributed by atoms with Gasteiger partial charge in [-0.3, -0.25) is 18.6 Å². The normalized spacial score (nSPS) is 22.6. The van der Waals surface area contributed by atoms with E-state index in [-0.39, 0.29) is 12.8 Å². The van der Waals surface area contributed by atoms with Gasteiger partial charge in [0.1, 0.15) is 43.2 Å². The van der Waals surface area contributed by atoms with E-state index >= 15 is 0 Å². The van der Waals surface area contributed by atoms with Gasteiger partial charge in [-0.25, -0.2) is 4.57 Å². The van der Waals surface area contributed by atoms with E-state index in [0.717, 1.165) is 64.2 Å². The number of carbonyl (C=O) groups is 2. The summed E-state index contributed by atoms with van der Waals surface area (Å²) in [5.74, 6) is -1.12. The van der Waals surface area contributed by atoms with E-state index in [1.54, 1.807) is 0 Å². The molecule has 59 heavy (non-hydrogen) atoms. The molecule has 6 N–H and O–H groups in total. The van der Waals surface area contributed by atoms with Gasteiger partial charge in [0.2, 0.25) is 0 Å². The summed E-state index contributed by atoms with van der Waals surface area (Å²) in [5.41, 5.74) is 0. The fourth-order valence-electron chi connectivity index (χ4n) is 6.76. The van der Waals surface area contributed by atoms with E-state index in [1.807, 2.05) is 0 Å². The first-order valence-corrected chi connectivity index (χ1v) is 24.3. The molecule has 0 aromatic rings. The maximum Gasteiger partial charge on any atom is 0.472 e. The van der Waals surface area contributed by atoms with E-state index < -0.39 is 75.7 Å². The maximum atomic E-state index is 12.8. The Morgan fingerprint density at radius 1 is 0.525 bits per heavy atom. The van der Waals surface area contributed by atoms with Gasteiger partial charge in [0, 0.05) is 12.8 Å². The molecule has 0 amide bonds. The predicted octanol–water partition coefficient (Wildman–Crippen LogP) is 8.61. The number of hydrogen-bond acceptors (Lipinski definition) is 12. The molecule has 1 aliphatic rings. The monoisotopic (exact) mass is 861 g/mol. The number of hydrogen-bond donors (Lipinski definition) is 6. The zero-order valence-corrected chi connectivity index (χ0v) is 37.2. The highest BCUT2D eigenvalue weighted by Crippen LogP contribution is 2.47. The molecule has 0 aromatic heterocycles. The minimum atomic E-state index is -5.12. The summed E-state index contributed by atoms with van der Waals surface area (Å²) in [6, 6.07) is 0. The van der Waals surface area contributed by atoms with Gasteiger partial charge in [0.25, 0.3) is 0 Å². The number of aliphatic hydroxyl groups is 5. The van der Waals surface area contributed by atoms with Gasteiger partial charge in [-0.05, 0) is 51.4 Å². The second-order valence-corrected chi connectivity index (χ2v) is 17.3. The predicted molar refractivity (Wildman–Crippen MR) is 230 cm³/mol. The second kappa shape index (κ2) is 35.6. The number of allylic oxidation sites excluding steroid dienone is 6. The molecule has 13 nitrogen and oxygen atoms in total. The average Bonchev–Trinajstić information content (AvgIpc) is 3.21. The van der Waals surface area contributed by atoms with Gasteiger partial charge in [-0.2, -0.15) is 0 Å². The van der Waals surface area contributed by atoms with Crippen molar-refractivity contribution in [3.63, 3.8) is 0 Å². The second-order valence-electron chi connectivity index (χ2n) is 15.9. The topological polar surface area (TPSA) is 210 Å². The fourth-order valence-corrected chi connectivity index (χ4v) is 7.74. The van der Waals surface area contributed by atoms with E-state index in [0.29, 0.717) is 12.8 Å². The van der Waals surface area contributed by atoms with Gasteiger partial charge in [0.05, 0.1) is 6.61 Å². The van der Waals surface area contributed by atoms with E-state index in [4.69, 9.17) is 18.5 Å². The van der Waals surface area contributed by atoms with Crippen LogP contribution in [0.2, 0.25) is 0 Å². The Labute approximate surface area is 355 Å². The summed E-state index contributed by atoms with van der Waals surface area (Å²) >= 11 is 0. The van der Waals surface area contributed by atoms with E-state index in [2.05, 4.69) is 50.3 Å². The minimum absolute atomic E-state index is 0.0724. The third kappa shape index (κ3) is 28.3. The minimum Gasteiger partial charge on any atom is -0.462 e. The van der Waals surface area contributed by atoms with Crippen LogP contribution in [0.4, 0.5) is 0 Å². The molecule has 1 aliphatic carbocycles. The SMILES string of the molecule is CCCCC/C=C/C/C=C/C/C=C/CCCCCCC(=O)O[C@H](COC(=O)CCCCCCCCCCCCCCC)COP(=O)(O)OC1C(O)C(O)C(O)[C@H](O)C1O. The third-order valence-corrected chi connectivity index (χ3v) is 11.5. The van der Waals surface area contributed by atoms with Crippen molar-refractivity contribution in [2.75, 3.05) is 13.2 Å². The lowest BCUT2D eigenvalue weighted by atomic mass is 9.85. The van der Waals surface area contributed by atoms with Crippen LogP contribution in [0.5, 0.6) is 0 Å². The first-order chi connectivity index (χ1) is 28.4. The molecule has 1 rings (SSSR count). The van der Waals surface area contributed by atoms with E-state index in [9.17, 15) is 44.6 Å². The summed E-state index contributed by atoms with van der Waals surface area (Å²) < 4.78 is 33.5. The quantitative estimate of drug-likeness (QED) is 0.0150. The highest BCUT2D eigenvalue weighted by Gasteiger charge is 2.51. The largest absolute Gasteiger partial charge is 0.472 e. The van der Waals surface area contributed by atoms with Crippen LogP contribution in [-0.2, 0) is 32.7 Å². The standard InChI is InChI=1S/C45H81O13P/c1-3-5-7-9-11-13-15-17-18-19-20-22-24-26-28-30-32-34-39(47)57-37(36-56-59(53,54)58-45-43(51)41(49)40(48)42(50)44(45)52)35-55-38(46)33-31-29-27-25-23-21-16-14-12-10-8-6-4-2/h11,13,17-18,20,22,37,40-45,48-52H,3-10,12,14-16,19,21,23-36H2,1-2H3,(H,53,54)/b13-11+,18-17+,22-20+/t37-,40?,41+,42?,43?,44?,45?/m1/s1. The van der Waals surface area contributed by atoms with E-state index in [1.165, 1.54) is 77.0 Å². The lowest BCUT2D eigenvalue weighted by Crippen LogP contribution is -2.64. The number of esters is 2. The van der Waals surface area contributed by atoms with Crippen LogP contribution in [-0.4, -0.2) is 98.3 Å². The molecule has 344 valence electrons. The Morgan fingerprint density at radius 2 is 0.915 bits per heavy atom. The van der Waals surface area contributed by atoms with Crippen LogP contribution < -0.4 is 0 Å². The molecule has 0 bridgehead atoms. The first kappa shape index (κ1) is 55.1. The molecule has 8 atom stereocenters. The Balaban J connectivity index is 2.49. The van der Waals surface area contributed by atoms with Crippen LogP contribution in [0.15, 0.2) is 36.5 Å². The highest BCUT2D eigenvalue weighted by atomic mass is 31.2. The van der Waals surface area contributed by atoms with Crippen molar-refractivity contribution in [1.29, 1.82) is 0 Å². The first-order valence-electron chi connectivity index (χ1n) is 22.8. The Kier molecular flexibility index (Phi) is 33.3. The lowest BCUT2D eigenvalue weighted by Gasteiger charge is -2.41. The summed E-state index contributed by atoms with van der Waals surface area (Å²) in [5, 5.41) is 50.1. The number of unbranched alkanes of at least 4 members (excludes halogenated alkanes) is 19. The number of aliphatic hydroxyl groups excluding tert-OH is 5. The molecule has 1 saturated carbocycles. The molecule has 6 unspecified atom stereocenters. The highest BCUT2D eigenvalue weighted by molar-refractivity contribution is 7.47. The van der Waals surface area contributed by atoms with Crippen LogP contribution in [0, 0.1) is 0 Å². The van der Waals surface area contributed by atoms with Gasteiger partial charge in [-0.15, -0.1) is 0 Å². The lowest BCUT2D eigenvalue weighted by molar-refractivity contribution is -0.220. The number of ether oxygens (including phenoxy) is 2. The van der Waals surface area contributed by atoms with Crippen molar-refractivity contribution in [2.45, 2.75) is 224 Å². The number of carbonyl (C=O) groups excluding carboxylic acids is 2. The zero-order chi connectivity index (χ0) is 43.6.